The van der Waals surface area contributed by atoms with E-state index < -0.39 is 0 Å². The minimum atomic E-state index is -0.0431. The van der Waals surface area contributed by atoms with Crippen LogP contribution in [-0.2, 0) is 6.42 Å². The van der Waals surface area contributed by atoms with E-state index in [4.69, 9.17) is 0 Å². The van der Waals surface area contributed by atoms with Crippen molar-refractivity contribution in [2.45, 2.75) is 45.2 Å². The number of amides is 2. The molecule has 2 amide bonds. The molecular formula is C21H35N5O. The van der Waals surface area contributed by atoms with Crippen molar-refractivity contribution < 1.29 is 4.79 Å². The van der Waals surface area contributed by atoms with Gasteiger partial charge in [-0.05, 0) is 64.3 Å². The summed E-state index contributed by atoms with van der Waals surface area (Å²) in [4.78, 5) is 21.3. The first-order valence-electron chi connectivity index (χ1n) is 10.4. The van der Waals surface area contributed by atoms with Crippen molar-refractivity contribution in [3.05, 3.63) is 30.1 Å². The molecule has 4 heterocycles. The van der Waals surface area contributed by atoms with Crippen LogP contribution < -0.4 is 10.6 Å². The van der Waals surface area contributed by atoms with Gasteiger partial charge >= 0.3 is 6.03 Å². The number of aromatic nitrogens is 1. The van der Waals surface area contributed by atoms with Gasteiger partial charge in [-0.2, -0.15) is 0 Å². The van der Waals surface area contributed by atoms with Gasteiger partial charge in [-0.15, -0.1) is 0 Å². The molecule has 1 aromatic heterocycles. The molecule has 4 rings (SSSR count). The summed E-state index contributed by atoms with van der Waals surface area (Å²) in [5, 5.41) is 5.96. The number of likely N-dealkylation sites (N-methyl/N-ethyl adjacent to an activating group) is 1. The van der Waals surface area contributed by atoms with Gasteiger partial charge in [0.2, 0.25) is 0 Å². The maximum absolute atomic E-state index is 11.8. The molecule has 4 atom stereocenters. The lowest BCUT2D eigenvalue weighted by molar-refractivity contribution is -0.00816. The standard InChI is InChI=1S/C21H35N5O/c1-16(2)24-21(27)23-13-20-12-17-7-11-26(20)15-18(17)14-25(3)10-8-19-6-4-5-9-22-19/h4-6,9,16-18,20H,7-8,10-15H2,1-3H3,(H2,23,24,27)/t17-,18+,20-/m1/s1. The number of pyridine rings is 1. The zero-order valence-corrected chi connectivity index (χ0v) is 17.0. The van der Waals surface area contributed by atoms with Crippen LogP contribution >= 0.6 is 0 Å². The summed E-state index contributed by atoms with van der Waals surface area (Å²) in [6, 6.07) is 6.77. The summed E-state index contributed by atoms with van der Waals surface area (Å²) in [5.41, 5.74) is 1.17. The van der Waals surface area contributed by atoms with Crippen LogP contribution in [-0.4, -0.2) is 72.7 Å². The molecule has 3 fully saturated rings. The smallest absolute Gasteiger partial charge is 0.315 e. The fourth-order valence-electron chi connectivity index (χ4n) is 4.54. The lowest BCUT2D eigenvalue weighted by Gasteiger charge is -2.50. The summed E-state index contributed by atoms with van der Waals surface area (Å²) in [5.74, 6) is 1.53. The van der Waals surface area contributed by atoms with Crippen molar-refractivity contribution >= 4 is 6.03 Å². The van der Waals surface area contributed by atoms with Crippen molar-refractivity contribution in [1.29, 1.82) is 0 Å². The molecule has 2 bridgehead atoms. The van der Waals surface area contributed by atoms with E-state index in [0.717, 1.165) is 44.4 Å². The van der Waals surface area contributed by atoms with Crippen LogP contribution in [0.25, 0.3) is 0 Å². The Hall–Kier alpha value is -1.66. The highest BCUT2D eigenvalue weighted by atomic mass is 16.2. The Morgan fingerprint density at radius 3 is 2.93 bits per heavy atom. The number of rotatable bonds is 8. The average molecular weight is 374 g/mol. The second-order valence-corrected chi connectivity index (χ2v) is 8.54. The normalized spacial score (nSPS) is 27.1. The number of nitrogens with zero attached hydrogens (tertiary/aromatic N) is 3. The van der Waals surface area contributed by atoms with Gasteiger partial charge in [0, 0.05) is 56.6 Å². The summed E-state index contributed by atoms with van der Waals surface area (Å²) >= 11 is 0. The Bertz CT molecular complexity index is 593. The molecule has 0 aromatic carbocycles. The fourth-order valence-corrected chi connectivity index (χ4v) is 4.54. The predicted molar refractivity (Wildman–Crippen MR) is 109 cm³/mol. The first-order chi connectivity index (χ1) is 13.0. The summed E-state index contributed by atoms with van der Waals surface area (Å²) < 4.78 is 0. The molecule has 3 aliphatic heterocycles. The summed E-state index contributed by atoms with van der Waals surface area (Å²) in [6.45, 7) is 9.29. The maximum Gasteiger partial charge on any atom is 0.315 e. The van der Waals surface area contributed by atoms with Gasteiger partial charge in [0.05, 0.1) is 0 Å². The fraction of sp³-hybridized carbons (Fsp3) is 0.714. The van der Waals surface area contributed by atoms with Crippen LogP contribution in [0.5, 0.6) is 0 Å². The number of nitrogens with one attached hydrogen (secondary N) is 2. The van der Waals surface area contributed by atoms with Crippen LogP contribution in [0, 0.1) is 11.8 Å². The maximum atomic E-state index is 11.8. The number of carbonyl (C=O) groups is 1. The summed E-state index contributed by atoms with van der Waals surface area (Å²) in [7, 11) is 2.23. The summed E-state index contributed by atoms with van der Waals surface area (Å²) in [6.07, 6.45) is 5.39. The highest BCUT2D eigenvalue weighted by Gasteiger charge is 2.40. The first-order valence-corrected chi connectivity index (χ1v) is 10.4. The van der Waals surface area contributed by atoms with E-state index in [0.29, 0.717) is 6.04 Å². The largest absolute Gasteiger partial charge is 0.337 e. The molecule has 0 saturated carbocycles. The second kappa shape index (κ2) is 9.51. The number of fused-ring (bicyclic) bond motifs is 3. The molecule has 150 valence electrons. The molecule has 2 N–H and O–H groups in total. The molecule has 0 spiro atoms. The van der Waals surface area contributed by atoms with E-state index in [1.165, 1.54) is 25.1 Å². The average Bonchev–Trinajstić information content (AvgIpc) is 2.66. The van der Waals surface area contributed by atoms with Gasteiger partial charge in [0.25, 0.3) is 0 Å². The van der Waals surface area contributed by atoms with Crippen LogP contribution in [0.1, 0.15) is 32.4 Å². The number of urea groups is 1. The van der Waals surface area contributed by atoms with Gasteiger partial charge in [-0.1, -0.05) is 6.07 Å². The van der Waals surface area contributed by atoms with Crippen LogP contribution in [0.2, 0.25) is 0 Å². The van der Waals surface area contributed by atoms with Gasteiger partial charge in [-0.25, -0.2) is 4.79 Å². The van der Waals surface area contributed by atoms with Gasteiger partial charge in [0.1, 0.15) is 0 Å². The molecule has 1 aromatic rings. The van der Waals surface area contributed by atoms with Gasteiger partial charge in [-0.3, -0.25) is 9.88 Å². The van der Waals surface area contributed by atoms with Crippen molar-refractivity contribution in [3.8, 4) is 0 Å². The molecular weight excluding hydrogens is 338 g/mol. The second-order valence-electron chi connectivity index (χ2n) is 8.54. The van der Waals surface area contributed by atoms with E-state index >= 15 is 0 Å². The van der Waals surface area contributed by atoms with E-state index in [-0.39, 0.29) is 12.1 Å². The monoisotopic (exact) mass is 373 g/mol. The van der Waals surface area contributed by atoms with Crippen LogP contribution in [0.3, 0.4) is 0 Å². The van der Waals surface area contributed by atoms with Crippen molar-refractivity contribution in [1.82, 2.24) is 25.4 Å². The Labute approximate surface area is 163 Å². The van der Waals surface area contributed by atoms with Crippen LogP contribution in [0.4, 0.5) is 4.79 Å². The molecule has 0 radical (unpaired) electrons. The number of piperidine rings is 3. The Morgan fingerprint density at radius 2 is 2.26 bits per heavy atom. The molecule has 6 heteroatoms. The predicted octanol–water partition coefficient (Wildman–Crippen LogP) is 1.97. The molecule has 6 nitrogen and oxygen atoms in total. The van der Waals surface area contributed by atoms with Crippen molar-refractivity contribution in [3.63, 3.8) is 0 Å². The van der Waals surface area contributed by atoms with E-state index in [1.54, 1.807) is 0 Å². The third-order valence-corrected chi connectivity index (χ3v) is 5.95. The molecule has 1 unspecified atom stereocenters. The van der Waals surface area contributed by atoms with Gasteiger partial charge in [0.15, 0.2) is 0 Å². The molecule has 3 saturated heterocycles. The van der Waals surface area contributed by atoms with Crippen molar-refractivity contribution in [2.75, 3.05) is 39.8 Å². The zero-order chi connectivity index (χ0) is 19.2. The first kappa shape index (κ1) is 20.1. The van der Waals surface area contributed by atoms with E-state index in [2.05, 4.69) is 44.6 Å². The zero-order valence-electron chi connectivity index (χ0n) is 17.0. The highest BCUT2D eigenvalue weighted by molar-refractivity contribution is 5.74. The molecule has 3 aliphatic rings. The van der Waals surface area contributed by atoms with E-state index in [1.807, 2.05) is 26.1 Å². The SMILES string of the molecule is CC(C)NC(=O)NC[C@H]1C[C@H]2CCN1C[C@@H]2CN(C)CCc1ccccn1. The minimum Gasteiger partial charge on any atom is -0.337 e. The number of hydrogen-bond acceptors (Lipinski definition) is 4. The minimum absolute atomic E-state index is 0.0431. The van der Waals surface area contributed by atoms with Crippen LogP contribution in [0.15, 0.2) is 24.4 Å². The number of hydrogen-bond donors (Lipinski definition) is 2. The van der Waals surface area contributed by atoms with Gasteiger partial charge < -0.3 is 15.5 Å². The quantitative estimate of drug-likeness (QED) is 0.731. The lowest BCUT2D eigenvalue weighted by atomic mass is 9.75. The lowest BCUT2D eigenvalue weighted by Crippen LogP contribution is -2.59. The molecule has 0 aliphatic carbocycles. The Morgan fingerprint density at radius 1 is 1.41 bits per heavy atom. The topological polar surface area (TPSA) is 60.5 Å². The third kappa shape index (κ3) is 5.91. The Kier molecular flexibility index (Phi) is 7.07. The van der Waals surface area contributed by atoms with E-state index in [9.17, 15) is 4.79 Å². The number of carbonyl (C=O) groups excluding carboxylic acids is 1. The third-order valence-electron chi connectivity index (χ3n) is 5.95. The highest BCUT2D eigenvalue weighted by Crippen LogP contribution is 2.36. The Balaban J connectivity index is 1.41. The van der Waals surface area contributed by atoms with Crippen molar-refractivity contribution in [2.24, 2.45) is 11.8 Å². The molecule has 27 heavy (non-hydrogen) atoms.